The number of nitrogens with two attached hydrogens (primary N) is 1. The molecule has 0 amide bonds. The Morgan fingerprint density at radius 3 is 2.56 bits per heavy atom. The molecule has 0 radical (unpaired) electrons. The molecule has 18 heavy (non-hydrogen) atoms. The first-order chi connectivity index (χ1) is 8.76. The summed E-state index contributed by atoms with van der Waals surface area (Å²) >= 11 is 0. The zero-order chi connectivity index (χ0) is 13.2. The summed E-state index contributed by atoms with van der Waals surface area (Å²) in [5.41, 5.74) is 2.84. The van der Waals surface area contributed by atoms with E-state index in [0.29, 0.717) is 0 Å². The van der Waals surface area contributed by atoms with Gasteiger partial charge >= 0.3 is 0 Å². The Labute approximate surface area is 109 Å². The van der Waals surface area contributed by atoms with Crippen molar-refractivity contribution in [3.63, 3.8) is 0 Å². The third-order valence-electron chi connectivity index (χ3n) is 3.12. The van der Waals surface area contributed by atoms with Gasteiger partial charge in [0.25, 0.3) is 0 Å². The topological polar surface area (TPSA) is 81.7 Å². The molecule has 0 fully saturated rings. The van der Waals surface area contributed by atoms with E-state index < -0.39 is 0 Å². The maximum Gasteiger partial charge on any atom is 0.176 e. The fraction of sp³-hybridized carbons (Fsp3) is 0.917. The predicted molar refractivity (Wildman–Crippen MR) is 71.6 cm³/mol. The second kappa shape index (κ2) is 8.99. The van der Waals surface area contributed by atoms with Crippen molar-refractivity contribution in [3.05, 3.63) is 5.82 Å². The summed E-state index contributed by atoms with van der Waals surface area (Å²) in [6.45, 7) is 2.24. The minimum absolute atomic E-state index is 0.250. The van der Waals surface area contributed by atoms with Crippen LogP contribution in [-0.4, -0.2) is 26.2 Å². The van der Waals surface area contributed by atoms with E-state index in [-0.39, 0.29) is 6.04 Å². The number of hydrogen-bond donors (Lipinski definition) is 2. The van der Waals surface area contributed by atoms with Crippen LogP contribution in [0.4, 0.5) is 0 Å². The minimum Gasteiger partial charge on any atom is -0.271 e. The highest BCUT2D eigenvalue weighted by Crippen LogP contribution is 2.10. The Hall–Kier alpha value is -1.01. The zero-order valence-corrected chi connectivity index (χ0v) is 11.6. The number of nitrogens with one attached hydrogen (secondary N) is 1. The number of hydrogen-bond acceptors (Lipinski definition) is 5. The SMILES string of the molecule is CCCCCCCCC(Cc1nnn(C)n1)NN. The van der Waals surface area contributed by atoms with E-state index in [0.717, 1.165) is 18.7 Å². The van der Waals surface area contributed by atoms with E-state index in [4.69, 9.17) is 5.84 Å². The van der Waals surface area contributed by atoms with Crippen LogP contribution in [0.2, 0.25) is 0 Å². The van der Waals surface area contributed by atoms with Gasteiger partial charge in [0.15, 0.2) is 5.82 Å². The largest absolute Gasteiger partial charge is 0.271 e. The van der Waals surface area contributed by atoms with E-state index in [1.807, 2.05) is 0 Å². The van der Waals surface area contributed by atoms with Gasteiger partial charge in [0.2, 0.25) is 0 Å². The first-order valence-electron chi connectivity index (χ1n) is 6.95. The number of unbranched alkanes of at least 4 members (excludes halogenated alkanes) is 5. The number of aromatic nitrogens is 4. The van der Waals surface area contributed by atoms with Gasteiger partial charge in [0, 0.05) is 12.5 Å². The van der Waals surface area contributed by atoms with Crippen LogP contribution in [-0.2, 0) is 13.5 Å². The van der Waals surface area contributed by atoms with Crippen LogP contribution in [0.15, 0.2) is 0 Å². The Kier molecular flexibility index (Phi) is 7.52. The smallest absolute Gasteiger partial charge is 0.176 e. The van der Waals surface area contributed by atoms with Gasteiger partial charge in [0.1, 0.15) is 0 Å². The third kappa shape index (κ3) is 6.07. The Morgan fingerprint density at radius 1 is 1.22 bits per heavy atom. The molecule has 1 unspecified atom stereocenters. The molecule has 0 saturated heterocycles. The van der Waals surface area contributed by atoms with Gasteiger partial charge in [-0.2, -0.15) is 4.80 Å². The van der Waals surface area contributed by atoms with Crippen molar-refractivity contribution in [2.24, 2.45) is 12.9 Å². The van der Waals surface area contributed by atoms with Gasteiger partial charge in [-0.1, -0.05) is 45.4 Å². The van der Waals surface area contributed by atoms with E-state index in [9.17, 15) is 0 Å². The van der Waals surface area contributed by atoms with Crippen molar-refractivity contribution in [1.82, 2.24) is 25.6 Å². The maximum absolute atomic E-state index is 5.56. The Bertz CT molecular complexity index is 311. The average molecular weight is 254 g/mol. The molecule has 3 N–H and O–H groups in total. The van der Waals surface area contributed by atoms with Crippen molar-refractivity contribution < 1.29 is 0 Å². The Balaban J connectivity index is 2.13. The molecule has 0 aliphatic heterocycles. The van der Waals surface area contributed by atoms with Gasteiger partial charge in [-0.05, 0) is 11.6 Å². The normalized spacial score (nSPS) is 12.8. The summed E-state index contributed by atoms with van der Waals surface area (Å²) in [5, 5.41) is 12.0. The standard InChI is InChI=1S/C12H26N6/c1-3-4-5-6-7-8-9-11(14-13)10-12-15-17-18(2)16-12/h11,14H,3-10,13H2,1-2H3. The lowest BCUT2D eigenvalue weighted by molar-refractivity contribution is 0.452. The van der Waals surface area contributed by atoms with Gasteiger partial charge in [-0.25, -0.2) is 0 Å². The molecular formula is C12H26N6. The molecule has 0 spiro atoms. The first kappa shape index (κ1) is 15.0. The monoisotopic (exact) mass is 254 g/mol. The highest BCUT2D eigenvalue weighted by Gasteiger charge is 2.10. The number of nitrogens with zero attached hydrogens (tertiary/aromatic N) is 4. The van der Waals surface area contributed by atoms with E-state index in [1.54, 1.807) is 7.05 Å². The molecule has 6 heteroatoms. The maximum atomic E-state index is 5.56. The molecule has 0 aliphatic carbocycles. The van der Waals surface area contributed by atoms with E-state index >= 15 is 0 Å². The predicted octanol–water partition coefficient (Wildman–Crippen LogP) is 1.34. The molecule has 0 aromatic carbocycles. The lowest BCUT2D eigenvalue weighted by Gasteiger charge is -2.13. The zero-order valence-electron chi connectivity index (χ0n) is 11.6. The molecule has 1 atom stereocenters. The van der Waals surface area contributed by atoms with Crippen molar-refractivity contribution in [1.29, 1.82) is 0 Å². The van der Waals surface area contributed by atoms with Gasteiger partial charge in [-0.15, -0.1) is 10.2 Å². The van der Waals surface area contributed by atoms with Crippen LogP contribution in [0.25, 0.3) is 0 Å². The first-order valence-corrected chi connectivity index (χ1v) is 6.95. The van der Waals surface area contributed by atoms with Crippen LogP contribution < -0.4 is 11.3 Å². The third-order valence-corrected chi connectivity index (χ3v) is 3.12. The molecule has 0 aliphatic rings. The molecule has 1 rings (SSSR count). The van der Waals surface area contributed by atoms with Crippen molar-refractivity contribution in [2.75, 3.05) is 0 Å². The number of hydrazine groups is 1. The number of aryl methyl sites for hydroxylation is 1. The molecule has 1 heterocycles. The average Bonchev–Trinajstić information content (AvgIpc) is 2.77. The van der Waals surface area contributed by atoms with Crippen LogP contribution >= 0.6 is 0 Å². The van der Waals surface area contributed by atoms with Gasteiger partial charge in [0.05, 0.1) is 7.05 Å². The minimum atomic E-state index is 0.250. The number of tetrazole rings is 1. The quantitative estimate of drug-likeness (QED) is 0.374. The second-order valence-corrected chi connectivity index (χ2v) is 4.82. The van der Waals surface area contributed by atoms with Crippen molar-refractivity contribution in [2.45, 2.75) is 64.3 Å². The summed E-state index contributed by atoms with van der Waals surface area (Å²) in [6, 6.07) is 0.250. The van der Waals surface area contributed by atoms with Crippen LogP contribution in [0.5, 0.6) is 0 Å². The van der Waals surface area contributed by atoms with Crippen LogP contribution in [0, 0.1) is 0 Å². The van der Waals surface area contributed by atoms with Crippen molar-refractivity contribution in [3.8, 4) is 0 Å². The molecule has 0 bridgehead atoms. The summed E-state index contributed by atoms with van der Waals surface area (Å²) < 4.78 is 0. The molecular weight excluding hydrogens is 228 g/mol. The highest BCUT2D eigenvalue weighted by atomic mass is 15.6. The lowest BCUT2D eigenvalue weighted by Crippen LogP contribution is -2.37. The molecule has 104 valence electrons. The molecule has 1 aromatic heterocycles. The molecule has 6 nitrogen and oxygen atoms in total. The van der Waals surface area contributed by atoms with E-state index in [2.05, 4.69) is 27.8 Å². The fourth-order valence-electron chi connectivity index (χ4n) is 2.04. The summed E-state index contributed by atoms with van der Waals surface area (Å²) in [4.78, 5) is 1.48. The fourth-order valence-corrected chi connectivity index (χ4v) is 2.04. The summed E-state index contributed by atoms with van der Waals surface area (Å²) in [5.74, 6) is 6.31. The summed E-state index contributed by atoms with van der Waals surface area (Å²) in [6.07, 6.45) is 9.63. The number of rotatable bonds is 10. The van der Waals surface area contributed by atoms with Gasteiger partial charge in [-0.3, -0.25) is 11.3 Å². The lowest BCUT2D eigenvalue weighted by atomic mass is 10.0. The molecule has 1 aromatic rings. The van der Waals surface area contributed by atoms with E-state index in [1.165, 1.54) is 43.3 Å². The summed E-state index contributed by atoms with van der Waals surface area (Å²) in [7, 11) is 1.77. The second-order valence-electron chi connectivity index (χ2n) is 4.82. The molecule has 0 saturated carbocycles. The van der Waals surface area contributed by atoms with Gasteiger partial charge < -0.3 is 0 Å². The van der Waals surface area contributed by atoms with Crippen molar-refractivity contribution >= 4 is 0 Å². The highest BCUT2D eigenvalue weighted by molar-refractivity contribution is 4.83. The van der Waals surface area contributed by atoms with Crippen LogP contribution in [0.3, 0.4) is 0 Å². The Morgan fingerprint density at radius 2 is 1.94 bits per heavy atom. The van der Waals surface area contributed by atoms with Crippen LogP contribution in [0.1, 0.15) is 57.7 Å².